The molecular weight excluding hydrogens is 375 g/mol. The van der Waals surface area contributed by atoms with Gasteiger partial charge < -0.3 is 24.4 Å². The molecule has 1 aromatic heterocycles. The van der Waals surface area contributed by atoms with Crippen molar-refractivity contribution in [1.82, 2.24) is 4.90 Å². The zero-order valence-electron chi connectivity index (χ0n) is 14.2. The number of furan rings is 1. The van der Waals surface area contributed by atoms with Crippen LogP contribution in [0.1, 0.15) is 0 Å². The van der Waals surface area contributed by atoms with Gasteiger partial charge in [0.05, 0.1) is 11.3 Å². The van der Waals surface area contributed by atoms with Crippen LogP contribution < -0.4 is 4.90 Å². The van der Waals surface area contributed by atoms with Crippen molar-refractivity contribution in [2.45, 2.75) is 0 Å². The van der Waals surface area contributed by atoms with Crippen molar-refractivity contribution in [2.75, 3.05) is 31.1 Å². The van der Waals surface area contributed by atoms with Gasteiger partial charge in [0.2, 0.25) is 0 Å². The molecule has 140 valence electrons. The summed E-state index contributed by atoms with van der Waals surface area (Å²) in [6, 6.07) is 7.36. The smallest absolute Gasteiger partial charge is 0.407 e. The van der Waals surface area contributed by atoms with Crippen molar-refractivity contribution in [3.63, 3.8) is 0 Å². The summed E-state index contributed by atoms with van der Waals surface area (Å²) in [6.45, 7) is 1.87. The lowest BCUT2D eigenvalue weighted by Gasteiger charge is -2.33. The van der Waals surface area contributed by atoms with E-state index in [1.165, 1.54) is 23.1 Å². The highest BCUT2D eigenvalue weighted by Gasteiger charge is 2.24. The fourth-order valence-corrected chi connectivity index (χ4v) is 3.65. The molecule has 0 atom stereocenters. The zero-order chi connectivity index (χ0) is 19.1. The minimum Gasteiger partial charge on any atom is -0.507 e. The zero-order valence-corrected chi connectivity index (χ0v) is 14.9. The van der Waals surface area contributed by atoms with E-state index in [1.807, 2.05) is 4.90 Å². The minimum absolute atomic E-state index is 0.0254. The number of hydrogen-bond donors (Lipinski definition) is 2. The van der Waals surface area contributed by atoms with Crippen LogP contribution in [-0.4, -0.2) is 47.4 Å². The van der Waals surface area contributed by atoms with Crippen LogP contribution in [-0.2, 0) is 0 Å². The number of amides is 1. The number of phenolic OH excluding ortho intramolecular Hbond substituents is 1. The highest BCUT2D eigenvalue weighted by atomic mass is 35.5. The molecule has 2 aromatic carbocycles. The molecule has 0 aliphatic carbocycles. The van der Waals surface area contributed by atoms with Gasteiger partial charge in [-0.1, -0.05) is 17.7 Å². The van der Waals surface area contributed by atoms with Gasteiger partial charge in [-0.15, -0.1) is 0 Å². The van der Waals surface area contributed by atoms with Gasteiger partial charge in [0.1, 0.15) is 23.4 Å². The van der Waals surface area contributed by atoms with E-state index in [2.05, 4.69) is 0 Å². The van der Waals surface area contributed by atoms with Crippen LogP contribution in [0.3, 0.4) is 0 Å². The van der Waals surface area contributed by atoms with Crippen LogP contribution in [0.4, 0.5) is 14.9 Å². The SMILES string of the molecule is O=C(O)N1CCN(c2coc3cc(-c4c(O)cccc4F)c(Cl)cc23)CC1. The van der Waals surface area contributed by atoms with Gasteiger partial charge in [-0.3, -0.25) is 0 Å². The van der Waals surface area contributed by atoms with Gasteiger partial charge in [-0.2, -0.15) is 0 Å². The summed E-state index contributed by atoms with van der Waals surface area (Å²) in [5.41, 5.74) is 1.68. The van der Waals surface area contributed by atoms with Gasteiger partial charge in [0, 0.05) is 42.2 Å². The topological polar surface area (TPSA) is 77.2 Å². The number of halogens is 2. The van der Waals surface area contributed by atoms with Crippen molar-refractivity contribution in [2.24, 2.45) is 0 Å². The average molecular weight is 391 g/mol. The summed E-state index contributed by atoms with van der Waals surface area (Å²) in [4.78, 5) is 14.4. The molecular formula is C19H16ClFN2O4. The highest BCUT2D eigenvalue weighted by Crippen LogP contribution is 2.41. The second-order valence-electron chi connectivity index (χ2n) is 6.34. The number of rotatable bonds is 2. The van der Waals surface area contributed by atoms with E-state index in [0.717, 1.165) is 11.1 Å². The number of hydrogen-bond acceptors (Lipinski definition) is 4. The Morgan fingerprint density at radius 1 is 1.19 bits per heavy atom. The standard InChI is InChI=1S/C19H16ClFN2O4/c20-13-8-12-15(22-4-6-23(7-5-22)19(25)26)10-27-17(12)9-11(13)18-14(21)2-1-3-16(18)24/h1-3,8-10,24H,4-7H2,(H,25,26). The third-order valence-corrected chi connectivity index (χ3v) is 5.11. The molecule has 1 aliphatic rings. The Labute approximate surface area is 159 Å². The van der Waals surface area contributed by atoms with Crippen LogP contribution in [0.15, 0.2) is 41.0 Å². The maximum atomic E-state index is 14.2. The van der Waals surface area contributed by atoms with Crippen molar-refractivity contribution in [3.05, 3.63) is 47.4 Å². The monoisotopic (exact) mass is 390 g/mol. The predicted molar refractivity (Wildman–Crippen MR) is 100 cm³/mol. The van der Waals surface area contributed by atoms with Crippen molar-refractivity contribution in [3.8, 4) is 16.9 Å². The molecule has 3 aromatic rings. The lowest BCUT2D eigenvalue weighted by atomic mass is 10.0. The second kappa shape index (κ2) is 6.66. The highest BCUT2D eigenvalue weighted by molar-refractivity contribution is 6.34. The summed E-state index contributed by atoms with van der Waals surface area (Å²) < 4.78 is 19.8. The molecule has 4 rings (SSSR count). The first-order chi connectivity index (χ1) is 13.0. The largest absolute Gasteiger partial charge is 0.507 e. The quantitative estimate of drug-likeness (QED) is 0.678. The second-order valence-corrected chi connectivity index (χ2v) is 6.75. The molecule has 0 unspecified atom stereocenters. The first kappa shape index (κ1) is 17.5. The minimum atomic E-state index is -0.927. The van der Waals surface area contributed by atoms with E-state index in [0.29, 0.717) is 37.3 Å². The fourth-order valence-electron chi connectivity index (χ4n) is 3.39. The number of phenols is 1. The van der Waals surface area contributed by atoms with Gasteiger partial charge in [0.25, 0.3) is 0 Å². The van der Waals surface area contributed by atoms with Crippen LogP contribution in [0.25, 0.3) is 22.1 Å². The Hall–Kier alpha value is -2.93. The Balaban J connectivity index is 1.72. The molecule has 1 fully saturated rings. The molecule has 0 spiro atoms. The third kappa shape index (κ3) is 3.04. The molecule has 0 saturated carbocycles. The summed E-state index contributed by atoms with van der Waals surface area (Å²) in [5.74, 6) is -0.777. The van der Waals surface area contributed by atoms with Gasteiger partial charge in [-0.25, -0.2) is 9.18 Å². The van der Waals surface area contributed by atoms with E-state index < -0.39 is 11.9 Å². The van der Waals surface area contributed by atoms with Crippen LogP contribution in [0.5, 0.6) is 5.75 Å². The summed E-state index contributed by atoms with van der Waals surface area (Å²) >= 11 is 6.39. The number of nitrogens with zero attached hydrogens (tertiary/aromatic N) is 2. The van der Waals surface area contributed by atoms with E-state index in [9.17, 15) is 14.3 Å². The molecule has 2 N–H and O–H groups in total. The van der Waals surface area contributed by atoms with E-state index in [4.69, 9.17) is 21.1 Å². The van der Waals surface area contributed by atoms with Crippen LogP contribution in [0.2, 0.25) is 5.02 Å². The van der Waals surface area contributed by atoms with Crippen molar-refractivity contribution >= 4 is 34.4 Å². The Kier molecular flexibility index (Phi) is 4.31. The number of aromatic hydroxyl groups is 1. The molecule has 1 saturated heterocycles. The maximum Gasteiger partial charge on any atom is 0.407 e. The Morgan fingerprint density at radius 2 is 1.93 bits per heavy atom. The number of anilines is 1. The summed E-state index contributed by atoms with van der Waals surface area (Å²) in [5, 5.41) is 20.1. The van der Waals surface area contributed by atoms with Gasteiger partial charge >= 0.3 is 6.09 Å². The van der Waals surface area contributed by atoms with Crippen LogP contribution >= 0.6 is 11.6 Å². The van der Waals surface area contributed by atoms with E-state index in [1.54, 1.807) is 18.4 Å². The predicted octanol–water partition coefficient (Wildman–Crippen LogP) is 4.40. The molecule has 8 heteroatoms. The molecule has 1 aliphatic heterocycles. The van der Waals surface area contributed by atoms with Gasteiger partial charge in [0.15, 0.2) is 0 Å². The molecule has 2 heterocycles. The normalized spacial score (nSPS) is 14.7. The summed E-state index contributed by atoms with van der Waals surface area (Å²) in [6.07, 6.45) is 0.659. The first-order valence-electron chi connectivity index (χ1n) is 8.37. The lowest BCUT2D eigenvalue weighted by molar-refractivity contribution is 0.142. The fraction of sp³-hybridized carbons (Fsp3) is 0.211. The average Bonchev–Trinajstić information content (AvgIpc) is 3.04. The number of carbonyl (C=O) groups is 1. The van der Waals surface area contributed by atoms with Crippen LogP contribution in [0, 0.1) is 5.82 Å². The van der Waals surface area contributed by atoms with Crippen molar-refractivity contribution < 1.29 is 23.8 Å². The molecule has 6 nitrogen and oxygen atoms in total. The molecule has 27 heavy (non-hydrogen) atoms. The number of fused-ring (bicyclic) bond motifs is 1. The number of piperazine rings is 1. The number of benzene rings is 2. The first-order valence-corrected chi connectivity index (χ1v) is 8.75. The Morgan fingerprint density at radius 3 is 2.59 bits per heavy atom. The van der Waals surface area contributed by atoms with E-state index in [-0.39, 0.29) is 16.3 Å². The Bertz CT molecular complexity index is 1010. The van der Waals surface area contributed by atoms with E-state index >= 15 is 0 Å². The number of carboxylic acid groups (broad SMARTS) is 1. The third-order valence-electron chi connectivity index (χ3n) is 4.79. The molecule has 0 radical (unpaired) electrons. The maximum absolute atomic E-state index is 14.2. The van der Waals surface area contributed by atoms with Crippen molar-refractivity contribution in [1.29, 1.82) is 0 Å². The molecule has 0 bridgehead atoms. The lowest BCUT2D eigenvalue weighted by Crippen LogP contribution is -2.48. The summed E-state index contributed by atoms with van der Waals surface area (Å²) in [7, 11) is 0. The molecule has 1 amide bonds. The van der Waals surface area contributed by atoms with Gasteiger partial charge in [-0.05, 0) is 24.3 Å².